The van der Waals surface area contributed by atoms with Crippen LogP contribution in [0.2, 0.25) is 5.02 Å². The van der Waals surface area contributed by atoms with E-state index in [0.717, 1.165) is 33.4 Å². The van der Waals surface area contributed by atoms with Crippen LogP contribution >= 0.6 is 24.0 Å². The number of anilines is 1. The van der Waals surface area contributed by atoms with Crippen LogP contribution in [0.15, 0.2) is 72.8 Å². The number of piperazine rings is 1. The minimum absolute atomic E-state index is 0. The number of hydrogen-bond acceptors (Lipinski definition) is 5. The Labute approximate surface area is 221 Å². The van der Waals surface area contributed by atoms with Crippen molar-refractivity contribution < 1.29 is 4.79 Å². The molecule has 0 aliphatic carbocycles. The van der Waals surface area contributed by atoms with Crippen molar-refractivity contribution in [3.05, 3.63) is 88.9 Å². The molecule has 0 saturated carbocycles. The number of amides is 1. The smallest absolute Gasteiger partial charge is 0.227 e. The van der Waals surface area contributed by atoms with Crippen molar-refractivity contribution >= 4 is 46.5 Å². The molecule has 0 unspecified atom stereocenters. The van der Waals surface area contributed by atoms with Crippen LogP contribution in [-0.4, -0.2) is 46.7 Å². The van der Waals surface area contributed by atoms with E-state index in [4.69, 9.17) is 16.9 Å². The van der Waals surface area contributed by atoms with Gasteiger partial charge in [0.15, 0.2) is 5.82 Å². The van der Waals surface area contributed by atoms with Gasteiger partial charge in [-0.05, 0) is 36.8 Å². The number of aromatic nitrogens is 2. The van der Waals surface area contributed by atoms with Gasteiger partial charge in [0.2, 0.25) is 5.91 Å². The van der Waals surface area contributed by atoms with Gasteiger partial charge in [0, 0.05) is 47.0 Å². The molecule has 5 rings (SSSR count). The summed E-state index contributed by atoms with van der Waals surface area (Å²) in [5.74, 6) is 0.946. The fraction of sp³-hybridized carbons (Fsp3) is 0.214. The molecule has 4 aromatic rings. The van der Waals surface area contributed by atoms with Crippen molar-refractivity contribution in [2.24, 2.45) is 0 Å². The monoisotopic (exact) mass is 517 g/mol. The second-order valence-electron chi connectivity index (χ2n) is 8.79. The summed E-state index contributed by atoms with van der Waals surface area (Å²) in [6, 6.07) is 25.2. The summed E-state index contributed by atoms with van der Waals surface area (Å²) in [6.07, 6.45) is 0.367. The van der Waals surface area contributed by atoms with Gasteiger partial charge in [0.25, 0.3) is 0 Å². The van der Waals surface area contributed by atoms with Gasteiger partial charge in [-0.1, -0.05) is 60.1 Å². The normalized spacial score (nSPS) is 15.3. The fourth-order valence-electron chi connectivity index (χ4n) is 4.61. The van der Waals surface area contributed by atoms with Crippen LogP contribution in [0.1, 0.15) is 18.1 Å². The quantitative estimate of drug-likeness (QED) is 0.356. The van der Waals surface area contributed by atoms with Crippen LogP contribution in [0.5, 0.6) is 0 Å². The summed E-state index contributed by atoms with van der Waals surface area (Å²) in [7, 11) is 0. The molecular formula is C28H25Cl2N5O. The topological polar surface area (TPSA) is 73.1 Å². The lowest BCUT2D eigenvalue weighted by Gasteiger charge is -2.40. The molecule has 1 aliphatic heterocycles. The van der Waals surface area contributed by atoms with Crippen LogP contribution < -0.4 is 4.90 Å². The van der Waals surface area contributed by atoms with Crippen molar-refractivity contribution in [1.29, 1.82) is 5.26 Å². The fourth-order valence-corrected chi connectivity index (χ4v) is 4.73. The zero-order valence-electron chi connectivity index (χ0n) is 19.8. The molecule has 1 amide bonds. The number of carbonyl (C=O) groups excluding carboxylic acids is 1. The largest absolute Gasteiger partial charge is 0.348 e. The number of fused-ring (bicyclic) bond motifs is 1. The van der Waals surface area contributed by atoms with Crippen LogP contribution in [0.3, 0.4) is 0 Å². The first-order valence-corrected chi connectivity index (χ1v) is 12.0. The van der Waals surface area contributed by atoms with Gasteiger partial charge in [-0.3, -0.25) is 4.79 Å². The van der Waals surface area contributed by atoms with Crippen LogP contribution in [0.4, 0.5) is 5.82 Å². The lowest BCUT2D eigenvalue weighted by molar-refractivity contribution is -0.131. The Hall–Kier alpha value is -3.66. The molecule has 1 saturated heterocycles. The molecule has 8 heteroatoms. The predicted octanol–water partition coefficient (Wildman–Crippen LogP) is 5.52. The van der Waals surface area contributed by atoms with Crippen LogP contribution in [-0.2, 0) is 11.2 Å². The first-order chi connectivity index (χ1) is 17.0. The van der Waals surface area contributed by atoms with E-state index >= 15 is 0 Å². The number of benzene rings is 3. The summed E-state index contributed by atoms with van der Waals surface area (Å²) >= 11 is 5.97. The van der Waals surface area contributed by atoms with E-state index in [-0.39, 0.29) is 24.4 Å². The highest BCUT2D eigenvalue weighted by atomic mass is 35.5. The Kier molecular flexibility index (Phi) is 7.73. The highest BCUT2D eigenvalue weighted by Crippen LogP contribution is 2.33. The molecular weight excluding hydrogens is 493 g/mol. The standard InChI is InChI=1S/C28H24ClN5O.ClH/c1-19-18-33(26(35)16-20-8-12-23(29)13-9-20)14-15-34(19)28-25-5-3-2-4-24(25)27(31-32-28)22-10-6-21(17-30)7-11-22;/h2-13,19H,14-16,18H2,1H3;1H/t19-;/m0./s1. The Morgan fingerprint density at radius 2 is 1.69 bits per heavy atom. The first-order valence-electron chi connectivity index (χ1n) is 11.6. The molecule has 0 spiro atoms. The molecule has 182 valence electrons. The average Bonchev–Trinajstić information content (AvgIpc) is 2.89. The predicted molar refractivity (Wildman–Crippen MR) is 145 cm³/mol. The van der Waals surface area contributed by atoms with E-state index < -0.39 is 0 Å². The lowest BCUT2D eigenvalue weighted by atomic mass is 10.0. The van der Waals surface area contributed by atoms with Gasteiger partial charge in [-0.15, -0.1) is 22.6 Å². The molecule has 1 aliphatic rings. The molecule has 1 atom stereocenters. The summed E-state index contributed by atoms with van der Waals surface area (Å²) in [6.45, 7) is 4.05. The van der Waals surface area contributed by atoms with Crippen molar-refractivity contribution in [2.45, 2.75) is 19.4 Å². The van der Waals surface area contributed by atoms with Crippen molar-refractivity contribution in [1.82, 2.24) is 15.1 Å². The molecule has 1 aromatic heterocycles. The zero-order chi connectivity index (χ0) is 24.4. The molecule has 1 fully saturated rings. The highest BCUT2D eigenvalue weighted by molar-refractivity contribution is 6.30. The van der Waals surface area contributed by atoms with Crippen LogP contribution in [0, 0.1) is 11.3 Å². The summed E-state index contributed by atoms with van der Waals surface area (Å²) in [5, 5.41) is 21.0. The third kappa shape index (κ3) is 5.13. The molecule has 0 N–H and O–H groups in total. The molecule has 0 bridgehead atoms. The third-order valence-corrected chi connectivity index (χ3v) is 6.73. The number of carbonyl (C=O) groups is 1. The molecule has 2 heterocycles. The highest BCUT2D eigenvalue weighted by Gasteiger charge is 2.29. The third-order valence-electron chi connectivity index (χ3n) is 6.48. The van der Waals surface area contributed by atoms with Crippen molar-refractivity contribution in [2.75, 3.05) is 24.5 Å². The summed E-state index contributed by atoms with van der Waals surface area (Å²) < 4.78 is 0. The van der Waals surface area contributed by atoms with Gasteiger partial charge >= 0.3 is 0 Å². The average molecular weight is 518 g/mol. The van der Waals surface area contributed by atoms with Gasteiger partial charge in [-0.2, -0.15) is 5.26 Å². The Morgan fingerprint density at radius 3 is 2.36 bits per heavy atom. The maximum Gasteiger partial charge on any atom is 0.227 e. The maximum absolute atomic E-state index is 12.9. The van der Waals surface area contributed by atoms with Crippen molar-refractivity contribution in [3.63, 3.8) is 0 Å². The SMILES string of the molecule is C[C@H]1CN(C(=O)Cc2ccc(Cl)cc2)CCN1c1nnc(-c2ccc(C#N)cc2)c2ccccc12.Cl. The molecule has 0 radical (unpaired) electrons. The van der Waals surface area contributed by atoms with Gasteiger partial charge < -0.3 is 9.80 Å². The van der Waals surface area contributed by atoms with E-state index in [2.05, 4.69) is 40.2 Å². The van der Waals surface area contributed by atoms with Crippen molar-refractivity contribution in [3.8, 4) is 17.3 Å². The van der Waals surface area contributed by atoms with E-state index in [9.17, 15) is 4.79 Å². The molecule has 36 heavy (non-hydrogen) atoms. The van der Waals surface area contributed by atoms with Gasteiger partial charge in [-0.25, -0.2) is 0 Å². The molecule has 6 nitrogen and oxygen atoms in total. The van der Waals surface area contributed by atoms with E-state index in [1.54, 1.807) is 12.1 Å². The Bertz CT molecular complexity index is 1420. The Balaban J connectivity index is 0.00000304. The van der Waals surface area contributed by atoms with Gasteiger partial charge in [0.1, 0.15) is 5.69 Å². The number of nitrogens with zero attached hydrogens (tertiary/aromatic N) is 5. The minimum Gasteiger partial charge on any atom is -0.348 e. The maximum atomic E-state index is 12.9. The second-order valence-corrected chi connectivity index (χ2v) is 9.23. The zero-order valence-corrected chi connectivity index (χ0v) is 21.3. The Morgan fingerprint density at radius 1 is 1.00 bits per heavy atom. The van der Waals surface area contributed by atoms with E-state index in [1.807, 2.05) is 53.4 Å². The minimum atomic E-state index is 0. The van der Waals surface area contributed by atoms with E-state index in [1.165, 1.54) is 0 Å². The number of halogens is 2. The lowest BCUT2D eigenvalue weighted by Crippen LogP contribution is -2.54. The number of rotatable bonds is 4. The number of nitriles is 1. The number of hydrogen-bond donors (Lipinski definition) is 0. The first kappa shape index (κ1) is 25.4. The summed E-state index contributed by atoms with van der Waals surface area (Å²) in [5.41, 5.74) is 3.29. The van der Waals surface area contributed by atoms with E-state index in [0.29, 0.717) is 36.6 Å². The molecule has 3 aromatic carbocycles. The van der Waals surface area contributed by atoms with Crippen LogP contribution in [0.25, 0.3) is 22.0 Å². The van der Waals surface area contributed by atoms with Gasteiger partial charge in [0.05, 0.1) is 18.1 Å². The summed E-state index contributed by atoms with van der Waals surface area (Å²) in [4.78, 5) is 17.1. The second kappa shape index (κ2) is 10.9.